The largest absolute Gasteiger partial charge is 0.346 e. The summed E-state index contributed by atoms with van der Waals surface area (Å²) in [6, 6.07) is 0. The van der Waals surface area contributed by atoms with E-state index in [1.807, 2.05) is 18.4 Å². The van der Waals surface area contributed by atoms with Gasteiger partial charge in [-0.15, -0.1) is 11.3 Å². The van der Waals surface area contributed by atoms with Crippen molar-refractivity contribution in [2.75, 3.05) is 30.8 Å². The van der Waals surface area contributed by atoms with E-state index in [0.29, 0.717) is 0 Å². The Labute approximate surface area is 118 Å². The highest BCUT2D eigenvalue weighted by atomic mass is 32.2. The Morgan fingerprint density at radius 1 is 1.44 bits per heavy atom. The van der Waals surface area contributed by atoms with Gasteiger partial charge < -0.3 is 10.2 Å². The molecule has 0 spiro atoms. The summed E-state index contributed by atoms with van der Waals surface area (Å²) in [7, 11) is 2.00. The molecule has 2 rings (SSSR count). The first kappa shape index (κ1) is 14.2. The Morgan fingerprint density at radius 2 is 2.28 bits per heavy atom. The Kier molecular flexibility index (Phi) is 5.33. The van der Waals surface area contributed by atoms with Gasteiger partial charge in [-0.25, -0.2) is 4.98 Å². The molecular formula is C13H23N3S2. The Hall–Kier alpha value is -0.260. The Bertz CT molecular complexity index is 378. The highest BCUT2D eigenvalue weighted by molar-refractivity contribution is 8.00. The first-order valence-corrected chi connectivity index (χ1v) is 8.64. The standard InChI is InChI=1S/C13H23N3S2/c1-4-10-9-16(6-7-17-10)13-15-11(5-2)12(18-13)8-14-3/h10,14H,4-9H2,1-3H3. The molecule has 1 aromatic heterocycles. The van der Waals surface area contributed by atoms with Crippen molar-refractivity contribution in [3.05, 3.63) is 10.6 Å². The third-order valence-electron chi connectivity index (χ3n) is 3.30. The van der Waals surface area contributed by atoms with Crippen molar-refractivity contribution in [1.82, 2.24) is 10.3 Å². The smallest absolute Gasteiger partial charge is 0.185 e. The van der Waals surface area contributed by atoms with Gasteiger partial charge in [-0.3, -0.25) is 0 Å². The summed E-state index contributed by atoms with van der Waals surface area (Å²) in [4.78, 5) is 8.72. The molecule has 2 heterocycles. The van der Waals surface area contributed by atoms with Gasteiger partial charge in [-0.2, -0.15) is 11.8 Å². The third kappa shape index (κ3) is 3.19. The van der Waals surface area contributed by atoms with Gasteiger partial charge in [-0.1, -0.05) is 13.8 Å². The average molecular weight is 285 g/mol. The minimum Gasteiger partial charge on any atom is -0.346 e. The molecule has 0 saturated carbocycles. The van der Waals surface area contributed by atoms with E-state index in [9.17, 15) is 0 Å². The lowest BCUT2D eigenvalue weighted by Gasteiger charge is -2.31. The molecule has 1 saturated heterocycles. The predicted molar refractivity (Wildman–Crippen MR) is 83.0 cm³/mol. The Morgan fingerprint density at radius 3 is 2.94 bits per heavy atom. The molecule has 0 amide bonds. The Balaban J connectivity index is 2.12. The molecule has 1 unspecified atom stereocenters. The van der Waals surface area contributed by atoms with Crippen molar-refractivity contribution >= 4 is 28.2 Å². The molecule has 1 aliphatic rings. The zero-order valence-electron chi connectivity index (χ0n) is 11.5. The van der Waals surface area contributed by atoms with Gasteiger partial charge in [0.1, 0.15) is 0 Å². The van der Waals surface area contributed by atoms with Crippen LogP contribution in [-0.4, -0.2) is 36.1 Å². The van der Waals surface area contributed by atoms with Crippen molar-refractivity contribution in [3.8, 4) is 0 Å². The van der Waals surface area contributed by atoms with E-state index >= 15 is 0 Å². The molecular weight excluding hydrogens is 262 g/mol. The van der Waals surface area contributed by atoms with E-state index in [1.165, 1.54) is 27.9 Å². The summed E-state index contributed by atoms with van der Waals surface area (Å²) in [6.45, 7) is 7.74. The second kappa shape index (κ2) is 6.78. The monoisotopic (exact) mass is 285 g/mol. The summed E-state index contributed by atoms with van der Waals surface area (Å²) < 4.78 is 0. The van der Waals surface area contributed by atoms with E-state index in [4.69, 9.17) is 4.98 Å². The number of rotatable bonds is 5. The first-order chi connectivity index (χ1) is 8.78. The molecule has 1 aliphatic heterocycles. The van der Waals surface area contributed by atoms with Crippen LogP contribution in [0.15, 0.2) is 0 Å². The molecule has 1 fully saturated rings. The minimum atomic E-state index is 0.778. The minimum absolute atomic E-state index is 0.778. The van der Waals surface area contributed by atoms with Crippen LogP contribution in [0, 0.1) is 0 Å². The van der Waals surface area contributed by atoms with E-state index in [-0.39, 0.29) is 0 Å². The van der Waals surface area contributed by atoms with Crippen LogP contribution in [0.5, 0.6) is 0 Å². The molecule has 18 heavy (non-hydrogen) atoms. The topological polar surface area (TPSA) is 28.2 Å². The van der Waals surface area contributed by atoms with Crippen molar-refractivity contribution in [2.24, 2.45) is 0 Å². The van der Waals surface area contributed by atoms with Gasteiger partial charge >= 0.3 is 0 Å². The fourth-order valence-electron chi connectivity index (χ4n) is 2.22. The van der Waals surface area contributed by atoms with Gasteiger partial charge in [-0.05, 0) is 19.9 Å². The fraction of sp³-hybridized carbons (Fsp3) is 0.769. The van der Waals surface area contributed by atoms with Crippen LogP contribution in [0.3, 0.4) is 0 Å². The second-order valence-corrected chi connectivity index (χ2v) is 7.07. The number of nitrogens with one attached hydrogen (secondary N) is 1. The van der Waals surface area contributed by atoms with E-state index in [1.54, 1.807) is 0 Å². The molecule has 102 valence electrons. The highest BCUT2D eigenvalue weighted by Crippen LogP contribution is 2.31. The summed E-state index contributed by atoms with van der Waals surface area (Å²) >= 11 is 3.98. The molecule has 0 aliphatic carbocycles. The molecule has 3 nitrogen and oxygen atoms in total. The van der Waals surface area contributed by atoms with Crippen molar-refractivity contribution in [1.29, 1.82) is 0 Å². The summed E-state index contributed by atoms with van der Waals surface area (Å²) in [5.74, 6) is 1.24. The van der Waals surface area contributed by atoms with Crippen LogP contribution in [0.4, 0.5) is 5.13 Å². The molecule has 1 N–H and O–H groups in total. The number of thiazole rings is 1. The third-order valence-corrected chi connectivity index (χ3v) is 5.83. The molecule has 0 aromatic carbocycles. The summed E-state index contributed by atoms with van der Waals surface area (Å²) in [6.07, 6.45) is 2.30. The molecule has 5 heteroatoms. The van der Waals surface area contributed by atoms with Crippen molar-refractivity contribution in [3.63, 3.8) is 0 Å². The van der Waals surface area contributed by atoms with Crippen LogP contribution in [0.2, 0.25) is 0 Å². The van der Waals surface area contributed by atoms with Gasteiger partial charge in [0.15, 0.2) is 5.13 Å². The summed E-state index contributed by atoms with van der Waals surface area (Å²) in [5, 5.41) is 5.25. The van der Waals surface area contributed by atoms with Crippen LogP contribution < -0.4 is 10.2 Å². The lowest BCUT2D eigenvalue weighted by Crippen LogP contribution is -2.37. The number of nitrogens with zero attached hydrogens (tertiary/aromatic N) is 2. The van der Waals surface area contributed by atoms with Gasteiger partial charge in [0.05, 0.1) is 5.69 Å². The van der Waals surface area contributed by atoms with E-state index in [0.717, 1.165) is 31.3 Å². The number of aryl methyl sites for hydroxylation is 1. The maximum absolute atomic E-state index is 4.83. The highest BCUT2D eigenvalue weighted by Gasteiger charge is 2.22. The van der Waals surface area contributed by atoms with Gasteiger partial charge in [0, 0.05) is 35.5 Å². The van der Waals surface area contributed by atoms with Crippen LogP contribution >= 0.6 is 23.1 Å². The average Bonchev–Trinajstić information content (AvgIpc) is 2.82. The normalized spacial score (nSPS) is 20.4. The SMILES string of the molecule is CCc1nc(N2CCSC(CC)C2)sc1CNC. The number of thioether (sulfide) groups is 1. The van der Waals surface area contributed by atoms with Crippen LogP contribution in [-0.2, 0) is 13.0 Å². The number of hydrogen-bond acceptors (Lipinski definition) is 5. The lowest BCUT2D eigenvalue weighted by atomic mass is 10.3. The number of aromatic nitrogens is 1. The number of hydrogen-bond donors (Lipinski definition) is 1. The fourth-order valence-corrected chi connectivity index (χ4v) is 4.60. The maximum Gasteiger partial charge on any atom is 0.185 e. The van der Waals surface area contributed by atoms with Crippen LogP contribution in [0.1, 0.15) is 30.8 Å². The van der Waals surface area contributed by atoms with Gasteiger partial charge in [0.2, 0.25) is 0 Å². The zero-order valence-corrected chi connectivity index (χ0v) is 13.2. The molecule has 0 bridgehead atoms. The number of anilines is 1. The van der Waals surface area contributed by atoms with E-state index in [2.05, 4.69) is 35.8 Å². The zero-order chi connectivity index (χ0) is 13.0. The van der Waals surface area contributed by atoms with Gasteiger partial charge in [0.25, 0.3) is 0 Å². The van der Waals surface area contributed by atoms with Crippen LogP contribution in [0.25, 0.3) is 0 Å². The summed E-state index contributed by atoms with van der Waals surface area (Å²) in [5.41, 5.74) is 1.27. The predicted octanol–water partition coefficient (Wildman–Crippen LogP) is 2.76. The van der Waals surface area contributed by atoms with Crippen molar-refractivity contribution in [2.45, 2.75) is 38.5 Å². The van der Waals surface area contributed by atoms with Crippen molar-refractivity contribution < 1.29 is 0 Å². The molecule has 1 atom stereocenters. The maximum atomic E-state index is 4.83. The molecule has 0 radical (unpaired) electrons. The first-order valence-electron chi connectivity index (χ1n) is 6.78. The second-order valence-electron chi connectivity index (χ2n) is 4.60. The molecule has 1 aromatic rings. The lowest BCUT2D eigenvalue weighted by molar-refractivity contribution is 0.724. The van der Waals surface area contributed by atoms with E-state index < -0.39 is 0 Å². The quantitative estimate of drug-likeness (QED) is 0.900.